The number of hydrogen-bond donors (Lipinski definition) is 4. The number of benzene rings is 2. The van der Waals surface area contributed by atoms with Crippen molar-refractivity contribution in [1.29, 1.82) is 0 Å². The zero-order valence-electron chi connectivity index (χ0n) is 17.6. The predicted molar refractivity (Wildman–Crippen MR) is 117 cm³/mol. The van der Waals surface area contributed by atoms with Crippen LogP contribution >= 0.6 is 11.6 Å². The first-order chi connectivity index (χ1) is 15.1. The molecule has 2 unspecified atom stereocenters. The van der Waals surface area contributed by atoms with Crippen LogP contribution in [0.4, 0.5) is 4.39 Å². The van der Waals surface area contributed by atoms with Crippen LogP contribution in [0.5, 0.6) is 5.75 Å². The summed E-state index contributed by atoms with van der Waals surface area (Å²) in [6, 6.07) is 10.1. The molecule has 2 aromatic carbocycles. The van der Waals surface area contributed by atoms with E-state index < -0.39 is 17.6 Å². The van der Waals surface area contributed by atoms with E-state index in [-0.39, 0.29) is 42.6 Å². The largest absolute Gasteiger partial charge is 0.490 e. The maximum absolute atomic E-state index is 13.2. The second-order valence-electron chi connectivity index (χ2n) is 8.35. The second kappa shape index (κ2) is 10.6. The minimum atomic E-state index is -1.22. The minimum absolute atomic E-state index is 0.0280. The normalized spacial score (nSPS) is 22.8. The van der Waals surface area contributed by atoms with E-state index in [0.717, 1.165) is 5.56 Å². The van der Waals surface area contributed by atoms with Gasteiger partial charge in [0, 0.05) is 24.0 Å². The van der Waals surface area contributed by atoms with Crippen LogP contribution < -0.4 is 10.5 Å². The molecule has 1 heterocycles. The van der Waals surface area contributed by atoms with Gasteiger partial charge in [-0.15, -0.1) is 0 Å². The highest BCUT2D eigenvalue weighted by Gasteiger charge is 2.37. The maximum Gasteiger partial charge on any atom is 0.252 e. The van der Waals surface area contributed by atoms with Gasteiger partial charge in [-0.2, -0.15) is 5.06 Å². The summed E-state index contributed by atoms with van der Waals surface area (Å²) in [5, 5.41) is 33.7. The van der Waals surface area contributed by atoms with Crippen LogP contribution in [-0.2, 0) is 6.42 Å². The fourth-order valence-corrected chi connectivity index (χ4v) is 4.33. The number of primary amides is 1. The Morgan fingerprint density at radius 2 is 2.03 bits per heavy atom. The SMILES string of the molecule is NC(=O)c1cc(Cl)ccc1OC[C@H](O)CC1(O)CCCN(O)C(Cc2ccc(F)cc2)C1. The van der Waals surface area contributed by atoms with Gasteiger partial charge < -0.3 is 25.9 Å². The van der Waals surface area contributed by atoms with Gasteiger partial charge in [-0.25, -0.2) is 4.39 Å². The molecule has 174 valence electrons. The molecule has 0 aromatic heterocycles. The van der Waals surface area contributed by atoms with E-state index in [1.807, 2.05) is 0 Å². The molecule has 1 aliphatic heterocycles. The Labute approximate surface area is 191 Å². The van der Waals surface area contributed by atoms with Gasteiger partial charge in [-0.3, -0.25) is 4.79 Å². The summed E-state index contributed by atoms with van der Waals surface area (Å²) in [7, 11) is 0. The Hall–Kier alpha value is -2.23. The van der Waals surface area contributed by atoms with E-state index in [9.17, 15) is 24.6 Å². The third kappa shape index (κ3) is 6.63. The topological polar surface area (TPSA) is 116 Å². The van der Waals surface area contributed by atoms with Crippen molar-refractivity contribution in [3.63, 3.8) is 0 Å². The van der Waals surface area contributed by atoms with Gasteiger partial charge in [-0.05, 0) is 61.6 Å². The lowest BCUT2D eigenvalue weighted by atomic mass is 9.85. The average Bonchev–Trinajstić information content (AvgIpc) is 2.86. The molecule has 0 saturated carbocycles. The highest BCUT2D eigenvalue weighted by atomic mass is 35.5. The van der Waals surface area contributed by atoms with Crippen molar-refractivity contribution in [1.82, 2.24) is 5.06 Å². The number of nitrogens with zero attached hydrogens (tertiary/aromatic N) is 1. The van der Waals surface area contributed by atoms with Crippen LogP contribution in [0.1, 0.15) is 41.6 Å². The fourth-order valence-electron chi connectivity index (χ4n) is 4.16. The molecule has 3 atom stereocenters. The van der Waals surface area contributed by atoms with Crippen LogP contribution in [0.2, 0.25) is 5.02 Å². The molecule has 0 spiro atoms. The quantitative estimate of drug-likeness (QED) is 0.475. The molecule has 1 saturated heterocycles. The molecule has 7 nitrogen and oxygen atoms in total. The van der Waals surface area contributed by atoms with Crippen LogP contribution in [0.15, 0.2) is 42.5 Å². The van der Waals surface area contributed by atoms with E-state index in [1.54, 1.807) is 18.2 Å². The molecule has 1 aliphatic rings. The highest BCUT2D eigenvalue weighted by molar-refractivity contribution is 6.31. The van der Waals surface area contributed by atoms with Crippen LogP contribution in [0.25, 0.3) is 0 Å². The van der Waals surface area contributed by atoms with E-state index in [0.29, 0.717) is 30.8 Å². The molecule has 32 heavy (non-hydrogen) atoms. The summed E-state index contributed by atoms with van der Waals surface area (Å²) in [5.41, 5.74) is 5.07. The van der Waals surface area contributed by atoms with E-state index in [1.165, 1.54) is 29.3 Å². The van der Waals surface area contributed by atoms with Crippen LogP contribution in [0, 0.1) is 5.82 Å². The Bertz CT molecular complexity index is 929. The summed E-state index contributed by atoms with van der Waals surface area (Å²) in [6.07, 6.45) is 0.607. The zero-order valence-corrected chi connectivity index (χ0v) is 18.3. The van der Waals surface area contributed by atoms with Crippen molar-refractivity contribution >= 4 is 17.5 Å². The number of hydroxylamine groups is 2. The minimum Gasteiger partial charge on any atom is -0.490 e. The van der Waals surface area contributed by atoms with Crippen molar-refractivity contribution in [2.24, 2.45) is 5.73 Å². The first-order valence-corrected chi connectivity index (χ1v) is 10.9. The molecule has 9 heteroatoms. The summed E-state index contributed by atoms with van der Waals surface area (Å²) in [6.45, 7) is 0.225. The molecule has 1 amide bonds. The Kier molecular flexibility index (Phi) is 8.08. The highest BCUT2D eigenvalue weighted by Crippen LogP contribution is 2.32. The van der Waals surface area contributed by atoms with Crippen LogP contribution in [-0.4, -0.2) is 57.3 Å². The van der Waals surface area contributed by atoms with Crippen molar-refractivity contribution in [2.75, 3.05) is 13.2 Å². The molecular formula is C23H28ClFN2O5. The lowest BCUT2D eigenvalue weighted by molar-refractivity contribution is -0.134. The molecule has 0 bridgehead atoms. The van der Waals surface area contributed by atoms with E-state index in [4.69, 9.17) is 22.1 Å². The number of aliphatic hydroxyl groups excluding tert-OH is 1. The molecule has 3 rings (SSSR count). The standard InChI is InChI=1S/C23H28ClFN2O5/c24-16-4-7-21(20(11-16)22(26)29)32-14-19(28)13-23(30)8-1-9-27(31)18(12-23)10-15-2-5-17(25)6-3-15/h2-7,11,18-19,28,30-31H,1,8-10,12-14H2,(H2,26,29)/t18?,19-,23?/m1/s1. The van der Waals surface area contributed by atoms with Gasteiger partial charge in [0.25, 0.3) is 5.91 Å². The summed E-state index contributed by atoms with van der Waals surface area (Å²) < 4.78 is 18.8. The van der Waals surface area contributed by atoms with Gasteiger partial charge in [0.1, 0.15) is 18.2 Å². The third-order valence-electron chi connectivity index (χ3n) is 5.70. The van der Waals surface area contributed by atoms with Crippen molar-refractivity contribution in [2.45, 2.75) is 49.9 Å². The first-order valence-electron chi connectivity index (χ1n) is 10.5. The Morgan fingerprint density at radius 1 is 1.31 bits per heavy atom. The van der Waals surface area contributed by atoms with Crippen molar-refractivity contribution in [3.05, 3.63) is 64.4 Å². The summed E-state index contributed by atoms with van der Waals surface area (Å²) >= 11 is 5.89. The molecule has 5 N–H and O–H groups in total. The van der Waals surface area contributed by atoms with Crippen LogP contribution in [0.3, 0.4) is 0 Å². The van der Waals surface area contributed by atoms with Crippen molar-refractivity contribution < 1.29 is 29.3 Å². The van der Waals surface area contributed by atoms with E-state index >= 15 is 0 Å². The van der Waals surface area contributed by atoms with Gasteiger partial charge >= 0.3 is 0 Å². The molecule has 1 fully saturated rings. The number of ether oxygens (including phenoxy) is 1. The maximum atomic E-state index is 13.2. The third-order valence-corrected chi connectivity index (χ3v) is 5.94. The van der Waals surface area contributed by atoms with Crippen molar-refractivity contribution in [3.8, 4) is 5.75 Å². The second-order valence-corrected chi connectivity index (χ2v) is 8.79. The zero-order chi connectivity index (χ0) is 23.3. The predicted octanol–water partition coefficient (Wildman–Crippen LogP) is 2.93. The number of nitrogens with two attached hydrogens (primary N) is 1. The van der Waals surface area contributed by atoms with Gasteiger partial charge in [0.15, 0.2) is 0 Å². The smallest absolute Gasteiger partial charge is 0.252 e. The first kappa shape index (κ1) is 24.4. The van der Waals surface area contributed by atoms with E-state index in [2.05, 4.69) is 0 Å². The lowest BCUT2D eigenvalue weighted by Crippen LogP contribution is -2.42. The number of halogens is 2. The molecule has 2 aromatic rings. The number of aliphatic hydroxyl groups is 2. The van der Waals surface area contributed by atoms with Gasteiger partial charge in [0.05, 0.1) is 17.3 Å². The number of amides is 1. The number of carbonyl (C=O) groups is 1. The summed E-state index contributed by atoms with van der Waals surface area (Å²) in [4.78, 5) is 11.6. The lowest BCUT2D eigenvalue weighted by Gasteiger charge is -2.33. The molecular weight excluding hydrogens is 439 g/mol. The Balaban J connectivity index is 1.63. The number of rotatable bonds is 8. The Morgan fingerprint density at radius 3 is 2.72 bits per heavy atom. The fraction of sp³-hybridized carbons (Fsp3) is 0.435. The van der Waals surface area contributed by atoms with Gasteiger partial charge in [-0.1, -0.05) is 23.7 Å². The number of carbonyl (C=O) groups excluding carboxylic acids is 1. The molecule has 0 aliphatic carbocycles. The molecule has 0 radical (unpaired) electrons. The summed E-state index contributed by atoms with van der Waals surface area (Å²) in [5.74, 6) is -0.842. The monoisotopic (exact) mass is 466 g/mol. The van der Waals surface area contributed by atoms with Gasteiger partial charge in [0.2, 0.25) is 0 Å². The average molecular weight is 467 g/mol. The number of hydrogen-bond acceptors (Lipinski definition) is 6.